The predicted molar refractivity (Wildman–Crippen MR) is 104 cm³/mol. The van der Waals surface area contributed by atoms with Crippen LogP contribution in [0.4, 0.5) is 0 Å². The number of pyridine rings is 2. The van der Waals surface area contributed by atoms with Crippen molar-refractivity contribution in [3.8, 4) is 0 Å². The highest BCUT2D eigenvalue weighted by molar-refractivity contribution is 5.94. The first kappa shape index (κ1) is 17.7. The Balaban J connectivity index is 1.34. The van der Waals surface area contributed by atoms with Gasteiger partial charge in [-0.3, -0.25) is 24.6 Å². The molecule has 2 atom stereocenters. The highest BCUT2D eigenvalue weighted by Crippen LogP contribution is 2.39. The fraction of sp³-hybridized carbons (Fsp3) is 0.476. The zero-order valence-electron chi connectivity index (χ0n) is 15.8. The molecule has 2 aromatic heterocycles. The molecule has 28 heavy (non-hydrogen) atoms. The Morgan fingerprint density at radius 2 is 1.89 bits per heavy atom. The van der Waals surface area contributed by atoms with Gasteiger partial charge in [-0.1, -0.05) is 6.07 Å². The van der Waals surface area contributed by atoms with Crippen LogP contribution in [-0.2, 0) is 6.54 Å². The van der Waals surface area contributed by atoms with Crippen molar-refractivity contribution in [1.82, 2.24) is 24.7 Å². The topological polar surface area (TPSA) is 72.8 Å². The molecular weight excluding hydrogens is 354 g/mol. The zero-order chi connectivity index (χ0) is 19.1. The van der Waals surface area contributed by atoms with Gasteiger partial charge in [0.05, 0.1) is 17.2 Å². The van der Waals surface area contributed by atoms with Gasteiger partial charge in [0.25, 0.3) is 5.91 Å². The van der Waals surface area contributed by atoms with Gasteiger partial charge in [-0.25, -0.2) is 0 Å². The number of amides is 1. The lowest BCUT2D eigenvalue weighted by atomic mass is 9.83. The fourth-order valence-corrected chi connectivity index (χ4v) is 5.17. The molecule has 5 heterocycles. The van der Waals surface area contributed by atoms with E-state index in [0.717, 1.165) is 26.1 Å². The average Bonchev–Trinajstić information content (AvgIpc) is 3.08. The summed E-state index contributed by atoms with van der Waals surface area (Å²) in [4.78, 5) is 28.2. The van der Waals surface area contributed by atoms with Crippen molar-refractivity contribution in [2.45, 2.75) is 30.7 Å². The van der Waals surface area contributed by atoms with Gasteiger partial charge in [0.2, 0.25) is 0 Å². The summed E-state index contributed by atoms with van der Waals surface area (Å²) >= 11 is 0. The lowest BCUT2D eigenvalue weighted by molar-refractivity contribution is -0.108. The quantitative estimate of drug-likeness (QED) is 0.843. The minimum atomic E-state index is -0.303. The molecule has 3 aliphatic rings. The molecule has 0 saturated carbocycles. The molecule has 7 heteroatoms. The Hall–Kier alpha value is -2.35. The number of hydrogen-bond acceptors (Lipinski definition) is 6. The Labute approximate surface area is 164 Å². The van der Waals surface area contributed by atoms with Crippen molar-refractivity contribution >= 4 is 5.91 Å². The number of aliphatic hydroxyl groups excluding tert-OH is 1. The number of aromatic nitrogens is 2. The Kier molecular flexibility index (Phi) is 4.38. The van der Waals surface area contributed by atoms with Crippen molar-refractivity contribution in [2.24, 2.45) is 0 Å². The number of piperazine rings is 1. The van der Waals surface area contributed by atoms with Gasteiger partial charge in [0.15, 0.2) is 0 Å². The van der Waals surface area contributed by atoms with Crippen LogP contribution in [-0.4, -0.2) is 86.1 Å². The van der Waals surface area contributed by atoms with Crippen LogP contribution in [0.3, 0.4) is 0 Å². The maximum Gasteiger partial charge on any atom is 0.255 e. The summed E-state index contributed by atoms with van der Waals surface area (Å²) in [5, 5.41) is 10.3. The van der Waals surface area contributed by atoms with Crippen molar-refractivity contribution in [2.75, 3.05) is 32.7 Å². The number of aliphatic hydroxyl groups is 1. The number of β-amino-alcohol motifs (C(OH)–C–C–N with tert-alkyl or cyclic N) is 1. The highest BCUT2D eigenvalue weighted by Gasteiger charge is 2.56. The standard InChI is InChI=1S/C21H25N5O2/c27-19-7-18-11-25(20(28)17-4-2-6-23-9-17)15-21(26(18)12-19)13-24(14-21)10-16-3-1-5-22-8-16/h1-6,8-9,18-19,27H,7,10-15H2/t18-,19+/m0/s1. The van der Waals surface area contributed by atoms with Gasteiger partial charge < -0.3 is 10.0 Å². The first-order valence-corrected chi connectivity index (χ1v) is 9.88. The molecule has 1 N–H and O–H groups in total. The van der Waals surface area contributed by atoms with Crippen molar-refractivity contribution in [3.05, 3.63) is 60.2 Å². The highest BCUT2D eigenvalue weighted by atomic mass is 16.3. The fourth-order valence-electron chi connectivity index (χ4n) is 5.17. The van der Waals surface area contributed by atoms with Crippen LogP contribution < -0.4 is 0 Å². The number of hydrogen-bond donors (Lipinski definition) is 1. The van der Waals surface area contributed by atoms with E-state index in [-0.39, 0.29) is 23.6 Å². The number of carbonyl (C=O) groups is 1. The monoisotopic (exact) mass is 379 g/mol. The second-order valence-corrected chi connectivity index (χ2v) is 8.35. The average molecular weight is 379 g/mol. The van der Waals surface area contributed by atoms with Gasteiger partial charge >= 0.3 is 0 Å². The Bertz CT molecular complexity index is 840. The zero-order valence-corrected chi connectivity index (χ0v) is 15.8. The van der Waals surface area contributed by atoms with Crippen LogP contribution in [0, 0.1) is 0 Å². The Morgan fingerprint density at radius 1 is 1.11 bits per heavy atom. The normalized spacial score (nSPS) is 26.8. The van der Waals surface area contributed by atoms with Gasteiger partial charge in [-0.15, -0.1) is 0 Å². The van der Waals surface area contributed by atoms with E-state index < -0.39 is 0 Å². The van der Waals surface area contributed by atoms with Crippen LogP contribution in [0.5, 0.6) is 0 Å². The summed E-state index contributed by atoms with van der Waals surface area (Å²) in [7, 11) is 0. The number of fused-ring (bicyclic) bond motifs is 2. The maximum atomic E-state index is 13.1. The molecule has 3 fully saturated rings. The molecule has 0 aromatic carbocycles. The van der Waals surface area contributed by atoms with Crippen LogP contribution in [0.1, 0.15) is 22.3 Å². The number of rotatable bonds is 3. The van der Waals surface area contributed by atoms with Crippen LogP contribution in [0.25, 0.3) is 0 Å². The first-order valence-electron chi connectivity index (χ1n) is 9.88. The molecule has 0 radical (unpaired) electrons. The third-order valence-electron chi connectivity index (χ3n) is 6.28. The van der Waals surface area contributed by atoms with E-state index >= 15 is 0 Å². The summed E-state index contributed by atoms with van der Waals surface area (Å²) in [5.74, 6) is 0.0409. The molecule has 3 saturated heterocycles. The summed E-state index contributed by atoms with van der Waals surface area (Å²) in [6, 6.07) is 7.92. The van der Waals surface area contributed by atoms with E-state index in [1.807, 2.05) is 23.2 Å². The lowest BCUT2D eigenvalue weighted by Crippen LogP contribution is -2.78. The molecule has 146 valence electrons. The minimum Gasteiger partial charge on any atom is -0.392 e. The summed E-state index contributed by atoms with van der Waals surface area (Å²) < 4.78 is 0. The SMILES string of the molecule is O=C(c1cccnc1)N1C[C@@H]2C[C@@H](O)CN2C2(CN(Cc3cccnc3)C2)C1. The molecular formula is C21H25N5O2. The molecule has 3 aliphatic heterocycles. The summed E-state index contributed by atoms with van der Waals surface area (Å²) in [6.07, 6.45) is 7.46. The number of likely N-dealkylation sites (tertiary alicyclic amines) is 1. The van der Waals surface area contributed by atoms with Crippen LogP contribution in [0.15, 0.2) is 49.1 Å². The van der Waals surface area contributed by atoms with E-state index in [1.165, 1.54) is 5.56 Å². The van der Waals surface area contributed by atoms with E-state index in [2.05, 4.69) is 25.8 Å². The molecule has 1 amide bonds. The van der Waals surface area contributed by atoms with Crippen molar-refractivity contribution < 1.29 is 9.90 Å². The molecule has 0 bridgehead atoms. The molecule has 0 aliphatic carbocycles. The van der Waals surface area contributed by atoms with Crippen molar-refractivity contribution in [3.63, 3.8) is 0 Å². The minimum absolute atomic E-state index is 0.0409. The molecule has 7 nitrogen and oxygen atoms in total. The predicted octanol–water partition coefficient (Wildman–Crippen LogP) is 0.622. The summed E-state index contributed by atoms with van der Waals surface area (Å²) in [6.45, 7) is 4.76. The lowest BCUT2D eigenvalue weighted by Gasteiger charge is -2.61. The maximum absolute atomic E-state index is 13.1. The summed E-state index contributed by atoms with van der Waals surface area (Å²) in [5.41, 5.74) is 1.77. The molecule has 0 unspecified atom stereocenters. The van der Waals surface area contributed by atoms with Crippen molar-refractivity contribution in [1.29, 1.82) is 0 Å². The molecule has 5 rings (SSSR count). The van der Waals surface area contributed by atoms with Gasteiger partial charge in [-0.2, -0.15) is 0 Å². The van der Waals surface area contributed by atoms with Gasteiger partial charge in [0, 0.05) is 70.1 Å². The number of nitrogens with zero attached hydrogens (tertiary/aromatic N) is 5. The number of carbonyl (C=O) groups excluding carboxylic acids is 1. The Morgan fingerprint density at radius 3 is 2.61 bits per heavy atom. The largest absolute Gasteiger partial charge is 0.392 e. The van der Waals surface area contributed by atoms with E-state index in [9.17, 15) is 9.90 Å². The van der Waals surface area contributed by atoms with Gasteiger partial charge in [-0.05, 0) is 30.2 Å². The molecule has 1 spiro atoms. The second kappa shape index (κ2) is 6.92. The third kappa shape index (κ3) is 3.09. The third-order valence-corrected chi connectivity index (χ3v) is 6.28. The second-order valence-electron chi connectivity index (χ2n) is 8.35. The molecule has 2 aromatic rings. The smallest absolute Gasteiger partial charge is 0.255 e. The first-order chi connectivity index (χ1) is 13.6. The van der Waals surface area contributed by atoms with E-state index in [0.29, 0.717) is 25.2 Å². The van der Waals surface area contributed by atoms with E-state index in [1.54, 1.807) is 24.7 Å². The van der Waals surface area contributed by atoms with E-state index in [4.69, 9.17) is 0 Å². The van der Waals surface area contributed by atoms with Gasteiger partial charge in [0.1, 0.15) is 0 Å². The van der Waals surface area contributed by atoms with Crippen LogP contribution >= 0.6 is 0 Å². The van der Waals surface area contributed by atoms with Crippen LogP contribution in [0.2, 0.25) is 0 Å².